The Morgan fingerprint density at radius 2 is 1.55 bits per heavy atom. The molecule has 20 heavy (non-hydrogen) atoms. The van der Waals surface area contributed by atoms with E-state index in [1.165, 1.54) is 47.9 Å². The van der Waals surface area contributed by atoms with Crippen molar-refractivity contribution in [3.8, 4) is 0 Å². The third kappa shape index (κ3) is 2.51. The maximum absolute atomic E-state index is 3.63. The molecule has 1 aliphatic rings. The van der Waals surface area contributed by atoms with Crippen LogP contribution in [-0.4, -0.2) is 31.6 Å². The van der Waals surface area contributed by atoms with Crippen molar-refractivity contribution in [2.75, 3.05) is 21.1 Å². The van der Waals surface area contributed by atoms with Gasteiger partial charge in [-0.25, -0.2) is 0 Å². The Labute approximate surface area is 124 Å². The summed E-state index contributed by atoms with van der Waals surface area (Å²) in [6.07, 6.45) is 5.27. The number of likely N-dealkylation sites (N-methyl/N-ethyl adjacent to an activating group) is 2. The van der Waals surface area contributed by atoms with Crippen LogP contribution in [0.4, 0.5) is 0 Å². The minimum Gasteiger partial charge on any atom is -0.311 e. The second kappa shape index (κ2) is 5.87. The Morgan fingerprint density at radius 1 is 1.00 bits per heavy atom. The highest BCUT2D eigenvalue weighted by Gasteiger charge is 2.43. The molecule has 0 radical (unpaired) electrons. The Balaban J connectivity index is 2.49. The van der Waals surface area contributed by atoms with Crippen molar-refractivity contribution in [2.45, 2.75) is 58.0 Å². The van der Waals surface area contributed by atoms with Crippen molar-refractivity contribution in [1.29, 1.82) is 0 Å². The molecule has 0 aliphatic heterocycles. The normalized spacial score (nSPS) is 19.6. The van der Waals surface area contributed by atoms with E-state index in [-0.39, 0.29) is 5.54 Å². The summed E-state index contributed by atoms with van der Waals surface area (Å²) in [7, 11) is 6.60. The zero-order valence-corrected chi connectivity index (χ0v) is 14.0. The average Bonchev–Trinajstić information content (AvgIpc) is 2.87. The molecule has 0 spiro atoms. The van der Waals surface area contributed by atoms with Crippen molar-refractivity contribution in [3.05, 3.63) is 34.4 Å². The fourth-order valence-electron chi connectivity index (χ4n) is 3.99. The van der Waals surface area contributed by atoms with Crippen LogP contribution in [0.2, 0.25) is 0 Å². The molecule has 0 heterocycles. The predicted molar refractivity (Wildman–Crippen MR) is 87.3 cm³/mol. The highest BCUT2D eigenvalue weighted by atomic mass is 15.2. The number of hydrogen-bond acceptors (Lipinski definition) is 2. The fourth-order valence-corrected chi connectivity index (χ4v) is 3.99. The molecule has 1 unspecified atom stereocenters. The minimum atomic E-state index is 0.265. The standard InChI is InChI=1S/C18H30N2/c1-13-11-15(3)16(12-14(13)2)17(19-4)18(20(5)6)9-7-8-10-18/h11-12,17,19H,7-10H2,1-6H3. The van der Waals surface area contributed by atoms with Crippen LogP contribution >= 0.6 is 0 Å². The number of hydrogen-bond donors (Lipinski definition) is 1. The summed E-state index contributed by atoms with van der Waals surface area (Å²) in [6, 6.07) is 5.15. The molecule has 2 heteroatoms. The number of nitrogens with one attached hydrogen (secondary N) is 1. The number of nitrogens with zero attached hydrogens (tertiary/aromatic N) is 1. The molecule has 1 aromatic carbocycles. The van der Waals surface area contributed by atoms with E-state index in [1.54, 1.807) is 0 Å². The van der Waals surface area contributed by atoms with Crippen LogP contribution in [-0.2, 0) is 0 Å². The minimum absolute atomic E-state index is 0.265. The lowest BCUT2D eigenvalue weighted by Crippen LogP contribution is -2.51. The number of rotatable bonds is 4. The second-order valence-electron chi connectivity index (χ2n) is 6.72. The van der Waals surface area contributed by atoms with Gasteiger partial charge in [-0.15, -0.1) is 0 Å². The molecule has 1 N–H and O–H groups in total. The number of benzene rings is 1. The van der Waals surface area contributed by atoms with Gasteiger partial charge >= 0.3 is 0 Å². The molecule has 1 aromatic rings. The zero-order valence-electron chi connectivity index (χ0n) is 14.0. The van der Waals surface area contributed by atoms with Crippen LogP contribution in [0, 0.1) is 20.8 Å². The van der Waals surface area contributed by atoms with Gasteiger partial charge in [-0.2, -0.15) is 0 Å². The molecule has 1 saturated carbocycles. The van der Waals surface area contributed by atoms with Crippen LogP contribution in [0.5, 0.6) is 0 Å². The Hall–Kier alpha value is -0.860. The van der Waals surface area contributed by atoms with Gasteiger partial charge in [0.15, 0.2) is 0 Å². The average molecular weight is 274 g/mol. The molecular weight excluding hydrogens is 244 g/mol. The van der Waals surface area contributed by atoms with Gasteiger partial charge in [0.05, 0.1) is 6.04 Å². The van der Waals surface area contributed by atoms with Crippen LogP contribution in [0.1, 0.15) is 54.0 Å². The maximum Gasteiger partial charge on any atom is 0.0507 e. The lowest BCUT2D eigenvalue weighted by atomic mass is 9.80. The summed E-state index contributed by atoms with van der Waals surface area (Å²) >= 11 is 0. The predicted octanol–water partition coefficient (Wildman–Crippen LogP) is 3.75. The molecule has 1 atom stereocenters. The first kappa shape index (κ1) is 15.5. The molecule has 0 amide bonds. The first-order valence-corrected chi connectivity index (χ1v) is 7.85. The van der Waals surface area contributed by atoms with Crippen molar-refractivity contribution >= 4 is 0 Å². The molecule has 0 saturated heterocycles. The largest absolute Gasteiger partial charge is 0.311 e. The Morgan fingerprint density at radius 3 is 2.05 bits per heavy atom. The highest BCUT2D eigenvalue weighted by molar-refractivity contribution is 5.40. The van der Waals surface area contributed by atoms with Gasteiger partial charge in [-0.05, 0) is 77.0 Å². The molecule has 2 rings (SSSR count). The van der Waals surface area contributed by atoms with Gasteiger partial charge in [-0.3, -0.25) is 0 Å². The molecule has 1 aliphatic carbocycles. The summed E-state index contributed by atoms with van der Waals surface area (Å²) < 4.78 is 0. The van der Waals surface area contributed by atoms with Crippen molar-refractivity contribution in [3.63, 3.8) is 0 Å². The lowest BCUT2D eigenvalue weighted by Gasteiger charge is -2.44. The summed E-state index contributed by atoms with van der Waals surface area (Å²) in [4.78, 5) is 2.45. The van der Waals surface area contributed by atoms with E-state index in [9.17, 15) is 0 Å². The van der Waals surface area contributed by atoms with E-state index in [2.05, 4.69) is 64.3 Å². The molecule has 112 valence electrons. The molecule has 1 fully saturated rings. The zero-order chi connectivity index (χ0) is 14.9. The van der Waals surface area contributed by atoms with Crippen molar-refractivity contribution < 1.29 is 0 Å². The van der Waals surface area contributed by atoms with Gasteiger partial charge in [0.2, 0.25) is 0 Å². The third-order valence-electron chi connectivity index (χ3n) is 5.38. The topological polar surface area (TPSA) is 15.3 Å². The Kier molecular flexibility index (Phi) is 4.55. The van der Waals surface area contributed by atoms with Crippen LogP contribution in [0.25, 0.3) is 0 Å². The van der Waals surface area contributed by atoms with Crippen molar-refractivity contribution in [1.82, 2.24) is 10.2 Å². The summed E-state index contributed by atoms with van der Waals surface area (Å²) in [5.41, 5.74) is 5.96. The Bertz CT molecular complexity index is 471. The van der Waals surface area contributed by atoms with E-state index in [0.29, 0.717) is 6.04 Å². The van der Waals surface area contributed by atoms with Gasteiger partial charge in [0.1, 0.15) is 0 Å². The summed E-state index contributed by atoms with van der Waals surface area (Å²) in [5, 5.41) is 3.63. The van der Waals surface area contributed by atoms with E-state index in [1.807, 2.05) is 0 Å². The molecule has 0 aromatic heterocycles. The monoisotopic (exact) mass is 274 g/mol. The fraction of sp³-hybridized carbons (Fsp3) is 0.667. The highest BCUT2D eigenvalue weighted by Crippen LogP contribution is 2.44. The summed E-state index contributed by atoms with van der Waals surface area (Å²) in [6.45, 7) is 6.68. The van der Waals surface area contributed by atoms with Crippen LogP contribution in [0.3, 0.4) is 0 Å². The first-order chi connectivity index (χ1) is 9.42. The van der Waals surface area contributed by atoms with E-state index < -0.39 is 0 Å². The molecule has 2 nitrogen and oxygen atoms in total. The SMILES string of the molecule is CNC(c1cc(C)c(C)cc1C)C1(N(C)C)CCCC1. The van der Waals surface area contributed by atoms with Gasteiger partial charge in [0, 0.05) is 5.54 Å². The third-order valence-corrected chi connectivity index (χ3v) is 5.38. The van der Waals surface area contributed by atoms with Crippen molar-refractivity contribution in [2.24, 2.45) is 0 Å². The van der Waals surface area contributed by atoms with Gasteiger partial charge < -0.3 is 10.2 Å². The number of aryl methyl sites for hydroxylation is 3. The van der Waals surface area contributed by atoms with Gasteiger partial charge in [0.25, 0.3) is 0 Å². The van der Waals surface area contributed by atoms with Crippen LogP contribution in [0.15, 0.2) is 12.1 Å². The summed E-state index contributed by atoms with van der Waals surface area (Å²) in [5.74, 6) is 0. The lowest BCUT2D eigenvalue weighted by molar-refractivity contribution is 0.108. The maximum atomic E-state index is 3.63. The first-order valence-electron chi connectivity index (χ1n) is 7.85. The molecular formula is C18H30N2. The van der Waals surface area contributed by atoms with Crippen LogP contribution < -0.4 is 5.32 Å². The van der Waals surface area contributed by atoms with E-state index in [0.717, 1.165) is 0 Å². The molecule has 0 bridgehead atoms. The van der Waals surface area contributed by atoms with E-state index >= 15 is 0 Å². The van der Waals surface area contributed by atoms with Gasteiger partial charge in [-0.1, -0.05) is 25.0 Å². The smallest absolute Gasteiger partial charge is 0.0507 e. The van der Waals surface area contributed by atoms with E-state index in [4.69, 9.17) is 0 Å². The quantitative estimate of drug-likeness (QED) is 0.899. The second-order valence-corrected chi connectivity index (χ2v) is 6.72.